The molecule has 0 aliphatic carbocycles. The maximum Gasteiger partial charge on any atom is 0.0992 e. The van der Waals surface area contributed by atoms with Gasteiger partial charge in [-0.25, -0.2) is 0 Å². The average molecular weight is 300 g/mol. The molecule has 3 nitrogen and oxygen atoms in total. The van der Waals surface area contributed by atoms with Crippen LogP contribution in [-0.4, -0.2) is 6.54 Å². The minimum atomic E-state index is 0.578. The lowest BCUT2D eigenvalue weighted by Crippen LogP contribution is -2.23. The van der Waals surface area contributed by atoms with Gasteiger partial charge in [0.05, 0.1) is 11.6 Å². The van der Waals surface area contributed by atoms with E-state index in [2.05, 4.69) is 17.9 Å². The lowest BCUT2D eigenvalue weighted by atomic mass is 10.1. The fraction of sp³-hybridized carbons (Fsp3) is 0.235. The summed E-state index contributed by atoms with van der Waals surface area (Å²) >= 11 is 6.27. The number of nitrogens with zero attached hydrogens (tertiary/aromatic N) is 2. The van der Waals surface area contributed by atoms with E-state index in [4.69, 9.17) is 22.6 Å². The van der Waals surface area contributed by atoms with E-state index in [0.717, 1.165) is 29.9 Å². The molecular formula is C17H18ClN3. The summed E-state index contributed by atoms with van der Waals surface area (Å²) < 4.78 is 0. The molecule has 0 saturated heterocycles. The maximum absolute atomic E-state index is 8.89. The van der Waals surface area contributed by atoms with Gasteiger partial charge < -0.3 is 10.6 Å². The maximum atomic E-state index is 8.89. The molecule has 0 amide bonds. The van der Waals surface area contributed by atoms with Gasteiger partial charge in [0.15, 0.2) is 0 Å². The third-order valence-electron chi connectivity index (χ3n) is 3.27. The highest BCUT2D eigenvalue weighted by atomic mass is 35.5. The molecule has 0 unspecified atom stereocenters. The highest BCUT2D eigenvalue weighted by molar-refractivity contribution is 6.31. The van der Waals surface area contributed by atoms with E-state index < -0.39 is 0 Å². The van der Waals surface area contributed by atoms with E-state index in [0.29, 0.717) is 17.1 Å². The van der Waals surface area contributed by atoms with Crippen molar-refractivity contribution in [3.05, 3.63) is 58.6 Å². The van der Waals surface area contributed by atoms with Crippen molar-refractivity contribution < 1.29 is 0 Å². The SMILES string of the molecule is CCCN(Cc1ccc(C#N)cc1Cl)c1cccc(N)c1. The van der Waals surface area contributed by atoms with Crippen LogP contribution in [0, 0.1) is 11.3 Å². The molecule has 0 aliphatic heterocycles. The van der Waals surface area contributed by atoms with Crippen molar-refractivity contribution in [2.45, 2.75) is 19.9 Å². The molecule has 0 atom stereocenters. The largest absolute Gasteiger partial charge is 0.399 e. The van der Waals surface area contributed by atoms with Crippen LogP contribution in [0.25, 0.3) is 0 Å². The zero-order chi connectivity index (χ0) is 15.2. The quantitative estimate of drug-likeness (QED) is 0.841. The van der Waals surface area contributed by atoms with Crippen LogP contribution in [0.2, 0.25) is 5.02 Å². The second kappa shape index (κ2) is 7.01. The first kappa shape index (κ1) is 15.2. The zero-order valence-electron chi connectivity index (χ0n) is 12.0. The number of rotatable bonds is 5. The van der Waals surface area contributed by atoms with Gasteiger partial charge in [0.25, 0.3) is 0 Å². The Balaban J connectivity index is 2.26. The van der Waals surface area contributed by atoms with E-state index in [1.54, 1.807) is 12.1 Å². The predicted octanol–water partition coefficient (Wildman–Crippen LogP) is 4.21. The van der Waals surface area contributed by atoms with Gasteiger partial charge in [-0.05, 0) is 42.3 Å². The Hall–Kier alpha value is -2.18. The van der Waals surface area contributed by atoms with Crippen molar-refractivity contribution >= 4 is 23.0 Å². The topological polar surface area (TPSA) is 53.0 Å². The number of hydrogen-bond acceptors (Lipinski definition) is 3. The molecule has 2 rings (SSSR count). The molecule has 2 aromatic carbocycles. The van der Waals surface area contributed by atoms with Crippen LogP contribution in [0.15, 0.2) is 42.5 Å². The summed E-state index contributed by atoms with van der Waals surface area (Å²) in [5.74, 6) is 0. The number of hydrogen-bond donors (Lipinski definition) is 1. The van der Waals surface area contributed by atoms with Crippen molar-refractivity contribution in [3.8, 4) is 6.07 Å². The van der Waals surface area contributed by atoms with E-state index >= 15 is 0 Å². The number of nitriles is 1. The van der Waals surface area contributed by atoms with Crippen LogP contribution in [0.4, 0.5) is 11.4 Å². The minimum absolute atomic E-state index is 0.578. The van der Waals surface area contributed by atoms with Crippen molar-refractivity contribution in [1.82, 2.24) is 0 Å². The summed E-state index contributed by atoms with van der Waals surface area (Å²) in [5, 5.41) is 9.52. The standard InChI is InChI=1S/C17H18ClN3/c1-2-8-21(16-5-3-4-15(20)10-16)12-14-7-6-13(11-19)9-17(14)18/h3-7,9-10H,2,8,12,20H2,1H3. The van der Waals surface area contributed by atoms with E-state index in [1.807, 2.05) is 30.3 Å². The summed E-state index contributed by atoms with van der Waals surface area (Å²) in [5.41, 5.74) is 9.28. The Morgan fingerprint density at radius 3 is 2.67 bits per heavy atom. The van der Waals surface area contributed by atoms with Gasteiger partial charge in [-0.1, -0.05) is 30.7 Å². The van der Waals surface area contributed by atoms with Gasteiger partial charge in [0, 0.05) is 29.5 Å². The van der Waals surface area contributed by atoms with Crippen LogP contribution < -0.4 is 10.6 Å². The van der Waals surface area contributed by atoms with Gasteiger partial charge in [0.1, 0.15) is 0 Å². The third-order valence-corrected chi connectivity index (χ3v) is 3.62. The van der Waals surface area contributed by atoms with Crippen molar-refractivity contribution in [2.24, 2.45) is 0 Å². The number of halogens is 1. The monoisotopic (exact) mass is 299 g/mol. The molecule has 0 heterocycles. The molecule has 21 heavy (non-hydrogen) atoms. The Morgan fingerprint density at radius 1 is 1.24 bits per heavy atom. The van der Waals surface area contributed by atoms with Crippen molar-refractivity contribution in [1.29, 1.82) is 5.26 Å². The highest BCUT2D eigenvalue weighted by Crippen LogP contribution is 2.24. The van der Waals surface area contributed by atoms with Gasteiger partial charge in [-0.2, -0.15) is 5.26 Å². The molecule has 0 aromatic heterocycles. The van der Waals surface area contributed by atoms with Gasteiger partial charge in [0.2, 0.25) is 0 Å². The fourth-order valence-corrected chi connectivity index (χ4v) is 2.48. The zero-order valence-corrected chi connectivity index (χ0v) is 12.8. The Bertz CT molecular complexity index is 661. The van der Waals surface area contributed by atoms with Crippen molar-refractivity contribution in [3.63, 3.8) is 0 Å². The van der Waals surface area contributed by atoms with Crippen LogP contribution in [0.5, 0.6) is 0 Å². The summed E-state index contributed by atoms with van der Waals surface area (Å²) in [4.78, 5) is 2.24. The molecule has 0 radical (unpaired) electrons. The van der Waals surface area contributed by atoms with Crippen LogP contribution in [-0.2, 0) is 6.54 Å². The highest BCUT2D eigenvalue weighted by Gasteiger charge is 2.10. The first-order valence-electron chi connectivity index (χ1n) is 6.93. The average Bonchev–Trinajstić information content (AvgIpc) is 2.48. The first-order valence-corrected chi connectivity index (χ1v) is 7.31. The Kier molecular flexibility index (Phi) is 5.08. The van der Waals surface area contributed by atoms with Crippen LogP contribution in [0.3, 0.4) is 0 Å². The van der Waals surface area contributed by atoms with E-state index in [-0.39, 0.29) is 0 Å². The van der Waals surface area contributed by atoms with Crippen LogP contribution >= 0.6 is 11.6 Å². The molecule has 2 aromatic rings. The lowest BCUT2D eigenvalue weighted by Gasteiger charge is -2.25. The predicted molar refractivity (Wildman–Crippen MR) is 88.4 cm³/mol. The Morgan fingerprint density at radius 2 is 2.05 bits per heavy atom. The van der Waals surface area contributed by atoms with E-state index in [9.17, 15) is 0 Å². The van der Waals surface area contributed by atoms with Crippen molar-refractivity contribution in [2.75, 3.05) is 17.2 Å². The molecule has 0 bridgehead atoms. The number of benzene rings is 2. The molecule has 108 valence electrons. The molecule has 0 saturated carbocycles. The molecule has 4 heteroatoms. The second-order valence-electron chi connectivity index (χ2n) is 4.93. The van der Waals surface area contributed by atoms with Gasteiger partial charge in [-0.3, -0.25) is 0 Å². The first-order chi connectivity index (χ1) is 10.1. The third kappa shape index (κ3) is 3.90. The number of nitrogen functional groups attached to an aromatic ring is 1. The number of nitrogens with two attached hydrogens (primary N) is 1. The lowest BCUT2D eigenvalue weighted by molar-refractivity contribution is 0.767. The normalized spacial score (nSPS) is 10.1. The Labute approximate surface area is 130 Å². The van der Waals surface area contributed by atoms with Crippen LogP contribution in [0.1, 0.15) is 24.5 Å². The molecule has 2 N–H and O–H groups in total. The summed E-state index contributed by atoms with van der Waals surface area (Å²) in [6.07, 6.45) is 1.03. The molecule has 0 fully saturated rings. The molecular weight excluding hydrogens is 282 g/mol. The minimum Gasteiger partial charge on any atom is -0.399 e. The number of anilines is 2. The second-order valence-corrected chi connectivity index (χ2v) is 5.34. The molecule has 0 spiro atoms. The summed E-state index contributed by atoms with van der Waals surface area (Å²) in [6, 6.07) is 15.4. The summed E-state index contributed by atoms with van der Waals surface area (Å²) in [6.45, 7) is 3.75. The summed E-state index contributed by atoms with van der Waals surface area (Å²) in [7, 11) is 0. The smallest absolute Gasteiger partial charge is 0.0992 e. The van der Waals surface area contributed by atoms with E-state index in [1.165, 1.54) is 0 Å². The van der Waals surface area contributed by atoms with Gasteiger partial charge in [-0.15, -0.1) is 0 Å². The fourth-order valence-electron chi connectivity index (χ4n) is 2.24. The van der Waals surface area contributed by atoms with Gasteiger partial charge >= 0.3 is 0 Å². The molecule has 0 aliphatic rings.